The second-order valence-electron chi connectivity index (χ2n) is 3.19. The van der Waals surface area contributed by atoms with Gasteiger partial charge in [0.1, 0.15) is 0 Å². The molecule has 0 aliphatic carbocycles. The number of H-pyrrole nitrogens is 2. The lowest BCUT2D eigenvalue weighted by molar-refractivity contribution is 0.597. The van der Waals surface area contributed by atoms with E-state index in [9.17, 15) is 13.2 Å². The van der Waals surface area contributed by atoms with E-state index in [2.05, 4.69) is 9.97 Å². The summed E-state index contributed by atoms with van der Waals surface area (Å²) in [7, 11) is -3.22. The van der Waals surface area contributed by atoms with E-state index < -0.39 is 9.84 Å². The second-order valence-corrected chi connectivity index (χ2v) is 5.47. The van der Waals surface area contributed by atoms with Crippen molar-refractivity contribution in [2.45, 2.75) is 11.8 Å². The lowest BCUT2D eigenvalue weighted by Gasteiger charge is -2.00. The Morgan fingerprint density at radius 1 is 1.20 bits per heavy atom. The third-order valence-electron chi connectivity index (χ3n) is 2.23. The normalized spacial score (nSPS) is 12.1. The summed E-state index contributed by atoms with van der Waals surface area (Å²) in [5.41, 5.74) is 0.778. The van der Waals surface area contributed by atoms with Crippen LogP contribution in [-0.2, 0) is 9.84 Å². The van der Waals surface area contributed by atoms with Crippen molar-refractivity contribution in [2.75, 3.05) is 5.75 Å². The van der Waals surface area contributed by atoms with Crippen molar-refractivity contribution in [2.24, 2.45) is 0 Å². The molecule has 1 aromatic heterocycles. The number of benzene rings is 1. The summed E-state index contributed by atoms with van der Waals surface area (Å²) in [6.45, 7) is 1.58. The van der Waals surface area contributed by atoms with Crippen LogP contribution in [0.1, 0.15) is 6.92 Å². The zero-order chi connectivity index (χ0) is 11.1. The monoisotopic (exact) mass is 226 g/mol. The van der Waals surface area contributed by atoms with E-state index in [1.165, 1.54) is 12.1 Å². The average molecular weight is 226 g/mol. The highest BCUT2D eigenvalue weighted by Gasteiger charge is 2.12. The molecule has 6 heteroatoms. The van der Waals surface area contributed by atoms with E-state index in [0.717, 1.165) is 0 Å². The van der Waals surface area contributed by atoms with Gasteiger partial charge in [0.05, 0.1) is 21.7 Å². The molecule has 0 radical (unpaired) electrons. The van der Waals surface area contributed by atoms with Crippen molar-refractivity contribution < 1.29 is 8.42 Å². The fourth-order valence-corrected chi connectivity index (χ4v) is 2.28. The van der Waals surface area contributed by atoms with E-state index in [1.807, 2.05) is 0 Å². The molecule has 15 heavy (non-hydrogen) atoms. The van der Waals surface area contributed by atoms with Crippen LogP contribution in [0.3, 0.4) is 0 Å². The molecule has 2 aromatic rings. The second kappa shape index (κ2) is 3.23. The van der Waals surface area contributed by atoms with Gasteiger partial charge in [0.15, 0.2) is 9.84 Å². The maximum atomic E-state index is 11.5. The van der Waals surface area contributed by atoms with Crippen LogP contribution in [0.15, 0.2) is 27.9 Å². The molecular weight excluding hydrogens is 216 g/mol. The smallest absolute Gasteiger partial charge is 0.306 e. The predicted molar refractivity (Wildman–Crippen MR) is 56.6 cm³/mol. The number of nitrogens with one attached hydrogen (secondary N) is 2. The van der Waals surface area contributed by atoms with Gasteiger partial charge in [0.2, 0.25) is 0 Å². The molecule has 0 amide bonds. The lowest BCUT2D eigenvalue weighted by Crippen LogP contribution is -2.03. The summed E-state index contributed by atoms with van der Waals surface area (Å²) >= 11 is 0. The van der Waals surface area contributed by atoms with Gasteiger partial charge in [-0.05, 0) is 18.2 Å². The third-order valence-corrected chi connectivity index (χ3v) is 3.96. The average Bonchev–Trinajstić information content (AvgIpc) is 2.56. The Morgan fingerprint density at radius 3 is 2.53 bits per heavy atom. The summed E-state index contributed by atoms with van der Waals surface area (Å²) in [6, 6.07) is 4.53. The van der Waals surface area contributed by atoms with E-state index >= 15 is 0 Å². The Balaban J connectivity index is 2.71. The van der Waals surface area contributed by atoms with Gasteiger partial charge in [0.25, 0.3) is 0 Å². The Bertz CT molecular complexity index is 651. The molecule has 0 atom stereocenters. The largest absolute Gasteiger partial charge is 0.323 e. The van der Waals surface area contributed by atoms with Crippen molar-refractivity contribution >= 4 is 20.9 Å². The molecule has 5 nitrogen and oxygen atoms in total. The fourth-order valence-electron chi connectivity index (χ4n) is 1.37. The van der Waals surface area contributed by atoms with Crippen LogP contribution in [0.4, 0.5) is 0 Å². The van der Waals surface area contributed by atoms with Gasteiger partial charge in [-0.2, -0.15) is 0 Å². The van der Waals surface area contributed by atoms with E-state index in [-0.39, 0.29) is 16.3 Å². The van der Waals surface area contributed by atoms with Crippen LogP contribution in [0.5, 0.6) is 0 Å². The highest BCUT2D eigenvalue weighted by Crippen LogP contribution is 2.15. The molecule has 1 aromatic carbocycles. The quantitative estimate of drug-likeness (QED) is 0.788. The van der Waals surface area contributed by atoms with Crippen LogP contribution < -0.4 is 5.69 Å². The summed E-state index contributed by atoms with van der Waals surface area (Å²) in [5.74, 6) is 0.0488. The highest BCUT2D eigenvalue weighted by molar-refractivity contribution is 7.91. The Morgan fingerprint density at radius 2 is 1.87 bits per heavy atom. The first kappa shape index (κ1) is 9.97. The molecule has 2 N–H and O–H groups in total. The van der Waals surface area contributed by atoms with Gasteiger partial charge in [-0.3, -0.25) is 0 Å². The van der Waals surface area contributed by atoms with Crippen molar-refractivity contribution in [1.82, 2.24) is 9.97 Å². The number of sulfone groups is 1. The van der Waals surface area contributed by atoms with Crippen LogP contribution in [0.2, 0.25) is 0 Å². The number of aromatic nitrogens is 2. The zero-order valence-corrected chi connectivity index (χ0v) is 8.89. The molecule has 0 bridgehead atoms. The SMILES string of the molecule is CCS(=O)(=O)c1ccc2[nH]c(=O)[nH]c2c1. The minimum absolute atomic E-state index is 0.0488. The first-order valence-electron chi connectivity index (χ1n) is 4.48. The lowest BCUT2D eigenvalue weighted by atomic mass is 10.3. The minimum Gasteiger partial charge on any atom is -0.306 e. The van der Waals surface area contributed by atoms with Crippen molar-refractivity contribution in [3.05, 3.63) is 28.7 Å². The van der Waals surface area contributed by atoms with E-state index in [4.69, 9.17) is 0 Å². The van der Waals surface area contributed by atoms with Crippen LogP contribution in [-0.4, -0.2) is 24.1 Å². The minimum atomic E-state index is -3.22. The van der Waals surface area contributed by atoms with Crippen LogP contribution >= 0.6 is 0 Å². The molecular formula is C9H10N2O3S. The number of hydrogen-bond acceptors (Lipinski definition) is 3. The van der Waals surface area contributed by atoms with Crippen LogP contribution in [0.25, 0.3) is 11.0 Å². The van der Waals surface area contributed by atoms with Gasteiger partial charge in [0, 0.05) is 0 Å². The topological polar surface area (TPSA) is 82.8 Å². The first-order chi connectivity index (χ1) is 7.03. The van der Waals surface area contributed by atoms with Gasteiger partial charge in [-0.1, -0.05) is 6.92 Å². The Kier molecular flexibility index (Phi) is 2.15. The molecule has 1 heterocycles. The van der Waals surface area contributed by atoms with Crippen LogP contribution in [0, 0.1) is 0 Å². The first-order valence-corrected chi connectivity index (χ1v) is 6.13. The molecule has 80 valence electrons. The summed E-state index contributed by atoms with van der Waals surface area (Å²) in [6.07, 6.45) is 0. The van der Waals surface area contributed by atoms with Gasteiger partial charge < -0.3 is 9.97 Å². The number of rotatable bonds is 2. The summed E-state index contributed by atoms with van der Waals surface area (Å²) in [4.78, 5) is 16.3. The number of fused-ring (bicyclic) bond motifs is 1. The zero-order valence-electron chi connectivity index (χ0n) is 8.07. The molecule has 0 saturated heterocycles. The molecule has 0 aliphatic heterocycles. The number of imidazole rings is 1. The number of aromatic amines is 2. The van der Waals surface area contributed by atoms with Crippen molar-refractivity contribution in [1.29, 1.82) is 0 Å². The standard InChI is InChI=1S/C9H10N2O3S/c1-2-15(13,14)6-3-4-7-8(5-6)11-9(12)10-7/h3-5H,2H2,1H3,(H2,10,11,12). The fraction of sp³-hybridized carbons (Fsp3) is 0.222. The predicted octanol–water partition coefficient (Wildman–Crippen LogP) is 0.650. The van der Waals surface area contributed by atoms with E-state index in [0.29, 0.717) is 11.0 Å². The Labute approximate surface area is 86.1 Å². The van der Waals surface area contributed by atoms with Gasteiger partial charge >= 0.3 is 5.69 Å². The maximum Gasteiger partial charge on any atom is 0.323 e. The molecule has 0 unspecified atom stereocenters. The third kappa shape index (κ3) is 1.68. The molecule has 0 spiro atoms. The van der Waals surface area contributed by atoms with Crippen molar-refractivity contribution in [3.63, 3.8) is 0 Å². The molecule has 0 fully saturated rings. The Hall–Kier alpha value is -1.56. The number of hydrogen-bond donors (Lipinski definition) is 2. The van der Waals surface area contributed by atoms with Gasteiger partial charge in [-0.15, -0.1) is 0 Å². The van der Waals surface area contributed by atoms with E-state index in [1.54, 1.807) is 13.0 Å². The van der Waals surface area contributed by atoms with Gasteiger partial charge in [-0.25, -0.2) is 13.2 Å². The molecule has 0 aliphatic rings. The summed E-state index contributed by atoms with van der Waals surface area (Å²) in [5, 5.41) is 0. The maximum absolute atomic E-state index is 11.5. The molecule has 2 rings (SSSR count). The highest BCUT2D eigenvalue weighted by atomic mass is 32.2. The summed E-state index contributed by atoms with van der Waals surface area (Å²) < 4.78 is 23.1. The molecule has 0 saturated carbocycles. The van der Waals surface area contributed by atoms with Crippen molar-refractivity contribution in [3.8, 4) is 0 Å².